The first-order chi connectivity index (χ1) is 9.45. The number of rotatable bonds is 1. The molecule has 2 nitrogen and oxygen atoms in total. The van der Waals surface area contributed by atoms with Crippen LogP contribution >= 0.6 is 11.6 Å². The molecule has 0 atom stereocenters. The van der Waals surface area contributed by atoms with Crippen LogP contribution in [-0.2, 0) is 6.18 Å². The van der Waals surface area contributed by atoms with Gasteiger partial charge in [-0.3, -0.25) is 0 Å². The Morgan fingerprint density at radius 1 is 1.05 bits per heavy atom. The van der Waals surface area contributed by atoms with Gasteiger partial charge in [0.1, 0.15) is 0 Å². The Morgan fingerprint density at radius 2 is 1.80 bits per heavy atom. The Kier molecular flexibility index (Phi) is 2.94. The normalized spacial score (nSPS) is 12.0. The lowest BCUT2D eigenvalue weighted by atomic mass is 10.1. The molecule has 0 N–H and O–H groups in total. The summed E-state index contributed by atoms with van der Waals surface area (Å²) in [4.78, 5) is 0. The molecule has 0 unspecified atom stereocenters. The van der Waals surface area contributed by atoms with Gasteiger partial charge in [0, 0.05) is 11.8 Å². The second-order valence-electron chi connectivity index (χ2n) is 4.29. The molecule has 0 aliphatic heterocycles. The van der Waals surface area contributed by atoms with Crippen LogP contribution in [0.2, 0.25) is 5.02 Å². The van der Waals surface area contributed by atoms with Crippen molar-refractivity contribution in [3.05, 3.63) is 59.2 Å². The minimum Gasteiger partial charge on any atom is -0.240 e. The predicted octanol–water partition coefficient (Wildman–Crippen LogP) is 4.67. The van der Waals surface area contributed by atoms with Crippen molar-refractivity contribution >= 4 is 17.1 Å². The first-order valence-electron chi connectivity index (χ1n) is 5.77. The number of alkyl halides is 3. The van der Waals surface area contributed by atoms with Gasteiger partial charge in [0.15, 0.2) is 0 Å². The molecule has 0 spiro atoms. The van der Waals surface area contributed by atoms with Crippen LogP contribution in [0.1, 0.15) is 5.56 Å². The van der Waals surface area contributed by atoms with Crippen molar-refractivity contribution in [2.24, 2.45) is 0 Å². The third-order valence-electron chi connectivity index (χ3n) is 2.94. The van der Waals surface area contributed by atoms with E-state index in [9.17, 15) is 13.2 Å². The van der Waals surface area contributed by atoms with Gasteiger partial charge in [-0.25, -0.2) is 4.52 Å². The summed E-state index contributed by atoms with van der Waals surface area (Å²) in [7, 11) is 0. The Balaban J connectivity index is 2.14. The molecule has 2 heterocycles. The SMILES string of the molecule is FC(F)(F)c1ccc2cc(-c3ccccc3Cl)nn2c1. The average Bonchev–Trinajstić information content (AvgIpc) is 2.80. The van der Waals surface area contributed by atoms with Gasteiger partial charge < -0.3 is 0 Å². The fraction of sp³-hybridized carbons (Fsp3) is 0.0714. The molecule has 20 heavy (non-hydrogen) atoms. The van der Waals surface area contributed by atoms with Crippen molar-refractivity contribution in [3.8, 4) is 11.3 Å². The van der Waals surface area contributed by atoms with Crippen LogP contribution in [0.4, 0.5) is 13.2 Å². The maximum atomic E-state index is 12.6. The zero-order chi connectivity index (χ0) is 14.3. The maximum absolute atomic E-state index is 12.6. The Morgan fingerprint density at radius 3 is 2.50 bits per heavy atom. The van der Waals surface area contributed by atoms with E-state index in [1.807, 2.05) is 0 Å². The van der Waals surface area contributed by atoms with Gasteiger partial charge in [-0.1, -0.05) is 29.8 Å². The van der Waals surface area contributed by atoms with E-state index in [4.69, 9.17) is 11.6 Å². The topological polar surface area (TPSA) is 17.3 Å². The highest BCUT2D eigenvalue weighted by molar-refractivity contribution is 6.33. The summed E-state index contributed by atoms with van der Waals surface area (Å²) < 4.78 is 39.2. The van der Waals surface area contributed by atoms with Crippen LogP contribution in [0, 0.1) is 0 Å². The van der Waals surface area contributed by atoms with Gasteiger partial charge in [0.25, 0.3) is 0 Å². The average molecular weight is 297 g/mol. The second-order valence-corrected chi connectivity index (χ2v) is 4.70. The molecule has 0 aliphatic rings. The van der Waals surface area contributed by atoms with E-state index in [1.54, 1.807) is 30.3 Å². The molecule has 0 aliphatic carbocycles. The first-order valence-corrected chi connectivity index (χ1v) is 6.14. The van der Waals surface area contributed by atoms with Gasteiger partial charge in [0.2, 0.25) is 0 Å². The van der Waals surface area contributed by atoms with E-state index in [0.29, 0.717) is 21.8 Å². The summed E-state index contributed by atoms with van der Waals surface area (Å²) in [5, 5.41) is 4.66. The molecule has 0 saturated heterocycles. The summed E-state index contributed by atoms with van der Waals surface area (Å²) >= 11 is 6.06. The summed E-state index contributed by atoms with van der Waals surface area (Å²) in [6.45, 7) is 0. The summed E-state index contributed by atoms with van der Waals surface area (Å²) in [6.07, 6.45) is -3.42. The lowest BCUT2D eigenvalue weighted by Crippen LogP contribution is -2.06. The highest BCUT2D eigenvalue weighted by Gasteiger charge is 2.31. The van der Waals surface area contributed by atoms with E-state index in [-0.39, 0.29) is 0 Å². The molecule has 0 saturated carbocycles. The van der Waals surface area contributed by atoms with Crippen molar-refractivity contribution in [2.75, 3.05) is 0 Å². The van der Waals surface area contributed by atoms with Crippen molar-refractivity contribution in [1.29, 1.82) is 0 Å². The molecular weight excluding hydrogens is 289 g/mol. The number of fused-ring (bicyclic) bond motifs is 1. The maximum Gasteiger partial charge on any atom is 0.417 e. The van der Waals surface area contributed by atoms with Crippen LogP contribution < -0.4 is 0 Å². The summed E-state index contributed by atoms with van der Waals surface area (Å²) in [6, 6.07) is 11.2. The quantitative estimate of drug-likeness (QED) is 0.637. The molecular formula is C14H8ClF3N2. The zero-order valence-corrected chi connectivity index (χ0v) is 10.8. The van der Waals surface area contributed by atoms with Crippen molar-refractivity contribution in [2.45, 2.75) is 6.18 Å². The Hall–Kier alpha value is -2.01. The number of hydrogen-bond acceptors (Lipinski definition) is 1. The molecule has 102 valence electrons. The number of aromatic nitrogens is 2. The minimum atomic E-state index is -4.38. The molecule has 0 bridgehead atoms. The van der Waals surface area contributed by atoms with Crippen LogP contribution in [0.5, 0.6) is 0 Å². The fourth-order valence-electron chi connectivity index (χ4n) is 1.95. The zero-order valence-electron chi connectivity index (χ0n) is 10.0. The monoisotopic (exact) mass is 296 g/mol. The smallest absolute Gasteiger partial charge is 0.240 e. The number of hydrogen-bond donors (Lipinski definition) is 0. The van der Waals surface area contributed by atoms with Gasteiger partial charge in [0.05, 0.1) is 21.8 Å². The molecule has 1 aromatic carbocycles. The van der Waals surface area contributed by atoms with Gasteiger partial charge >= 0.3 is 6.18 Å². The third-order valence-corrected chi connectivity index (χ3v) is 3.27. The highest BCUT2D eigenvalue weighted by Crippen LogP contribution is 2.31. The lowest BCUT2D eigenvalue weighted by molar-refractivity contribution is -0.137. The van der Waals surface area contributed by atoms with Gasteiger partial charge in [-0.2, -0.15) is 18.3 Å². The molecule has 3 aromatic rings. The van der Waals surface area contributed by atoms with E-state index in [2.05, 4.69) is 5.10 Å². The summed E-state index contributed by atoms with van der Waals surface area (Å²) in [5.74, 6) is 0. The van der Waals surface area contributed by atoms with Crippen molar-refractivity contribution < 1.29 is 13.2 Å². The summed E-state index contributed by atoms with van der Waals surface area (Å²) in [5.41, 5.74) is 1.06. The van der Waals surface area contributed by atoms with Crippen LogP contribution in [-0.4, -0.2) is 9.61 Å². The standard InChI is InChI=1S/C14H8ClF3N2/c15-12-4-2-1-3-11(12)13-7-10-6-5-9(14(16,17)18)8-20(10)19-13/h1-8H. The Labute approximate surface area is 117 Å². The van der Waals surface area contributed by atoms with Crippen LogP contribution in [0.15, 0.2) is 48.7 Å². The minimum absolute atomic E-state index is 0.506. The number of halogens is 4. The number of benzene rings is 1. The number of nitrogens with zero attached hydrogens (tertiary/aromatic N) is 2. The van der Waals surface area contributed by atoms with Gasteiger partial charge in [-0.05, 0) is 24.3 Å². The van der Waals surface area contributed by atoms with Crippen LogP contribution in [0.25, 0.3) is 16.8 Å². The molecule has 0 fully saturated rings. The highest BCUT2D eigenvalue weighted by atomic mass is 35.5. The molecule has 6 heteroatoms. The van der Waals surface area contributed by atoms with Crippen molar-refractivity contribution in [3.63, 3.8) is 0 Å². The van der Waals surface area contributed by atoms with E-state index < -0.39 is 11.7 Å². The molecule has 0 radical (unpaired) electrons. The predicted molar refractivity (Wildman–Crippen MR) is 70.6 cm³/mol. The van der Waals surface area contributed by atoms with E-state index in [1.165, 1.54) is 10.6 Å². The lowest BCUT2D eigenvalue weighted by Gasteiger charge is -2.05. The second kappa shape index (κ2) is 4.52. The largest absolute Gasteiger partial charge is 0.417 e. The van der Waals surface area contributed by atoms with Gasteiger partial charge in [-0.15, -0.1) is 0 Å². The molecule has 2 aromatic heterocycles. The third kappa shape index (κ3) is 2.25. The van der Waals surface area contributed by atoms with E-state index in [0.717, 1.165) is 12.3 Å². The Bertz CT molecular complexity index is 777. The van der Waals surface area contributed by atoms with E-state index >= 15 is 0 Å². The molecule has 0 amide bonds. The molecule has 3 rings (SSSR count). The van der Waals surface area contributed by atoms with Crippen molar-refractivity contribution in [1.82, 2.24) is 9.61 Å². The number of pyridine rings is 1. The van der Waals surface area contributed by atoms with Crippen LogP contribution in [0.3, 0.4) is 0 Å². The first kappa shape index (κ1) is 13.0. The fourth-order valence-corrected chi connectivity index (χ4v) is 2.19.